The molecule has 0 amide bonds. The van der Waals surface area contributed by atoms with Gasteiger partial charge in [-0.15, -0.1) is 6.58 Å². The normalized spacial score (nSPS) is 12.0. The summed E-state index contributed by atoms with van der Waals surface area (Å²) in [5.74, 6) is 1.24. The van der Waals surface area contributed by atoms with Crippen molar-refractivity contribution in [1.82, 2.24) is 0 Å². The lowest BCUT2D eigenvalue weighted by molar-refractivity contribution is 0.222. The molecule has 1 unspecified atom stereocenters. The molecule has 0 spiro atoms. The van der Waals surface area contributed by atoms with E-state index >= 15 is 0 Å². The first-order valence-corrected chi connectivity index (χ1v) is 5.15. The summed E-state index contributed by atoms with van der Waals surface area (Å²) in [5.41, 5.74) is 0.632. The molecule has 0 heterocycles. The number of hydrogen-bond donors (Lipinski definition) is 1. The van der Waals surface area contributed by atoms with Crippen LogP contribution < -0.4 is 9.47 Å². The molecule has 15 heavy (non-hydrogen) atoms. The summed E-state index contributed by atoms with van der Waals surface area (Å²) < 4.78 is 11.1. The van der Waals surface area contributed by atoms with Crippen molar-refractivity contribution in [3.05, 3.63) is 34.8 Å². The van der Waals surface area contributed by atoms with Crippen molar-refractivity contribution in [1.29, 1.82) is 0 Å². The smallest absolute Gasteiger partial charge is 0.133 e. The highest BCUT2D eigenvalue weighted by atomic mass is 79.9. The van der Waals surface area contributed by atoms with E-state index in [1.54, 1.807) is 26.4 Å². The molecule has 0 saturated heterocycles. The fourth-order valence-electron chi connectivity index (χ4n) is 1.24. The van der Waals surface area contributed by atoms with Crippen molar-refractivity contribution in [2.45, 2.75) is 6.10 Å². The summed E-state index contributed by atoms with van der Waals surface area (Å²) in [7, 11) is 3.12. The quantitative estimate of drug-likeness (QED) is 0.857. The zero-order valence-electron chi connectivity index (χ0n) is 8.66. The van der Waals surface area contributed by atoms with Gasteiger partial charge in [-0.3, -0.25) is 0 Å². The molecule has 4 heteroatoms. The fraction of sp³-hybridized carbons (Fsp3) is 0.273. The summed E-state index contributed by atoms with van der Waals surface area (Å²) in [6.45, 7) is 3.53. The topological polar surface area (TPSA) is 38.7 Å². The van der Waals surface area contributed by atoms with Crippen LogP contribution in [0.15, 0.2) is 29.3 Å². The number of aliphatic hydroxyl groups excluding tert-OH is 1. The van der Waals surface area contributed by atoms with Crippen LogP contribution in [0.4, 0.5) is 0 Å². The highest BCUT2D eigenvalue weighted by molar-refractivity contribution is 9.10. The highest BCUT2D eigenvalue weighted by Crippen LogP contribution is 2.35. The predicted molar refractivity (Wildman–Crippen MR) is 62.4 cm³/mol. The number of rotatable bonds is 4. The lowest BCUT2D eigenvalue weighted by atomic mass is 10.1. The standard InChI is InChI=1S/C11H13BrO3/c1-4-9(13)7-5-11(15-3)8(12)6-10(7)14-2/h4-6,9,13H,1H2,2-3H3. The van der Waals surface area contributed by atoms with Gasteiger partial charge in [0.25, 0.3) is 0 Å². The number of benzene rings is 1. The van der Waals surface area contributed by atoms with Gasteiger partial charge in [0, 0.05) is 5.56 Å². The summed E-state index contributed by atoms with van der Waals surface area (Å²) in [5, 5.41) is 9.68. The van der Waals surface area contributed by atoms with E-state index in [1.807, 2.05) is 0 Å². The van der Waals surface area contributed by atoms with Gasteiger partial charge in [-0.05, 0) is 28.1 Å². The Morgan fingerprint density at radius 2 is 1.93 bits per heavy atom. The van der Waals surface area contributed by atoms with Crippen LogP contribution in [0.3, 0.4) is 0 Å². The second kappa shape index (κ2) is 5.19. The summed E-state index contributed by atoms with van der Waals surface area (Å²) in [6, 6.07) is 3.47. The monoisotopic (exact) mass is 272 g/mol. The maximum absolute atomic E-state index is 9.68. The molecule has 0 bridgehead atoms. The first kappa shape index (κ1) is 12.1. The Kier molecular flexibility index (Phi) is 4.17. The summed E-state index contributed by atoms with van der Waals surface area (Å²) >= 11 is 3.34. The van der Waals surface area contributed by atoms with E-state index in [9.17, 15) is 5.11 Å². The van der Waals surface area contributed by atoms with Crippen molar-refractivity contribution in [3.63, 3.8) is 0 Å². The van der Waals surface area contributed by atoms with Crippen molar-refractivity contribution in [2.24, 2.45) is 0 Å². The van der Waals surface area contributed by atoms with E-state index in [2.05, 4.69) is 22.5 Å². The average molecular weight is 273 g/mol. The molecule has 1 aromatic carbocycles. The Balaban J connectivity index is 3.28. The van der Waals surface area contributed by atoms with Crippen LogP contribution in [-0.2, 0) is 0 Å². The first-order chi connectivity index (χ1) is 7.13. The van der Waals surface area contributed by atoms with Gasteiger partial charge in [-0.25, -0.2) is 0 Å². The van der Waals surface area contributed by atoms with Crippen LogP contribution in [0, 0.1) is 0 Å². The van der Waals surface area contributed by atoms with Crippen LogP contribution in [0.25, 0.3) is 0 Å². The predicted octanol–water partition coefficient (Wildman–Crippen LogP) is 2.69. The molecule has 0 aliphatic rings. The van der Waals surface area contributed by atoms with Crippen LogP contribution in [0.2, 0.25) is 0 Å². The summed E-state index contributed by atoms with van der Waals surface area (Å²) in [6.07, 6.45) is 0.674. The average Bonchev–Trinajstić information content (AvgIpc) is 2.27. The van der Waals surface area contributed by atoms with Crippen LogP contribution in [0.5, 0.6) is 11.5 Å². The molecule has 3 nitrogen and oxygen atoms in total. The molecular weight excluding hydrogens is 260 g/mol. The van der Waals surface area contributed by atoms with Gasteiger partial charge in [0.2, 0.25) is 0 Å². The molecule has 0 aliphatic heterocycles. The minimum Gasteiger partial charge on any atom is -0.496 e. The molecule has 0 radical (unpaired) electrons. The molecule has 82 valence electrons. The van der Waals surface area contributed by atoms with E-state index in [0.29, 0.717) is 17.1 Å². The third-order valence-electron chi connectivity index (χ3n) is 2.05. The van der Waals surface area contributed by atoms with E-state index in [0.717, 1.165) is 4.47 Å². The lowest BCUT2D eigenvalue weighted by Gasteiger charge is -2.14. The molecular formula is C11H13BrO3. The maximum atomic E-state index is 9.68. The molecule has 1 atom stereocenters. The Hall–Kier alpha value is -1.00. The molecule has 0 fully saturated rings. The Labute approximate surface area is 97.5 Å². The van der Waals surface area contributed by atoms with Crippen molar-refractivity contribution in [3.8, 4) is 11.5 Å². The zero-order chi connectivity index (χ0) is 11.4. The Morgan fingerprint density at radius 3 is 2.40 bits per heavy atom. The van der Waals surface area contributed by atoms with Gasteiger partial charge in [-0.1, -0.05) is 6.08 Å². The second-order valence-corrected chi connectivity index (χ2v) is 3.76. The van der Waals surface area contributed by atoms with Gasteiger partial charge in [-0.2, -0.15) is 0 Å². The van der Waals surface area contributed by atoms with Gasteiger partial charge < -0.3 is 14.6 Å². The van der Waals surface area contributed by atoms with E-state index in [1.165, 1.54) is 6.08 Å². The molecule has 1 rings (SSSR count). The van der Waals surface area contributed by atoms with Crippen LogP contribution in [-0.4, -0.2) is 19.3 Å². The van der Waals surface area contributed by atoms with Gasteiger partial charge >= 0.3 is 0 Å². The molecule has 1 N–H and O–H groups in total. The molecule has 1 aromatic rings. The molecule has 0 aromatic heterocycles. The van der Waals surface area contributed by atoms with E-state index < -0.39 is 6.10 Å². The Bertz CT molecular complexity index is 363. The summed E-state index contributed by atoms with van der Waals surface area (Å²) in [4.78, 5) is 0. The zero-order valence-corrected chi connectivity index (χ0v) is 10.2. The van der Waals surface area contributed by atoms with Gasteiger partial charge in [0.1, 0.15) is 17.6 Å². The van der Waals surface area contributed by atoms with Gasteiger partial charge in [0.15, 0.2) is 0 Å². The third-order valence-corrected chi connectivity index (χ3v) is 2.67. The SMILES string of the molecule is C=CC(O)c1cc(OC)c(Br)cc1OC. The van der Waals surface area contributed by atoms with Crippen molar-refractivity contribution in [2.75, 3.05) is 14.2 Å². The number of methoxy groups -OCH3 is 2. The lowest BCUT2D eigenvalue weighted by Crippen LogP contribution is -1.99. The highest BCUT2D eigenvalue weighted by Gasteiger charge is 2.14. The minimum atomic E-state index is -0.762. The van der Waals surface area contributed by atoms with Crippen LogP contribution in [0.1, 0.15) is 11.7 Å². The number of halogens is 1. The minimum absolute atomic E-state index is 0.593. The molecule has 0 saturated carbocycles. The van der Waals surface area contributed by atoms with E-state index in [-0.39, 0.29) is 0 Å². The number of ether oxygens (including phenoxy) is 2. The molecule has 0 aliphatic carbocycles. The maximum Gasteiger partial charge on any atom is 0.133 e. The Morgan fingerprint density at radius 1 is 1.33 bits per heavy atom. The largest absolute Gasteiger partial charge is 0.496 e. The third kappa shape index (κ3) is 2.52. The second-order valence-electron chi connectivity index (χ2n) is 2.91. The van der Waals surface area contributed by atoms with Crippen molar-refractivity contribution >= 4 is 15.9 Å². The first-order valence-electron chi connectivity index (χ1n) is 4.36. The van der Waals surface area contributed by atoms with E-state index in [4.69, 9.17) is 9.47 Å². The fourth-order valence-corrected chi connectivity index (χ4v) is 1.73. The number of hydrogen-bond acceptors (Lipinski definition) is 3. The van der Waals surface area contributed by atoms with Crippen LogP contribution >= 0.6 is 15.9 Å². The number of aliphatic hydroxyl groups is 1. The van der Waals surface area contributed by atoms with Crippen molar-refractivity contribution < 1.29 is 14.6 Å². The van der Waals surface area contributed by atoms with Gasteiger partial charge in [0.05, 0.1) is 18.7 Å².